The van der Waals surface area contributed by atoms with Crippen LogP contribution >= 0.6 is 11.6 Å². The average Bonchev–Trinajstić information content (AvgIpc) is 3.16. The number of hydrogen-bond acceptors (Lipinski definition) is 5. The Morgan fingerprint density at radius 3 is 2.43 bits per heavy atom. The minimum Gasteiger partial charge on any atom is -0.505 e. The average molecular weight is 522 g/mol. The third-order valence-electron chi connectivity index (χ3n) is 5.92. The number of phenolic OH excluding ortho intramolecular Hbond substituents is 1. The number of phenols is 1. The van der Waals surface area contributed by atoms with Crippen molar-refractivity contribution in [3.05, 3.63) is 82.4 Å². The zero-order chi connectivity index (χ0) is 25.5. The van der Waals surface area contributed by atoms with E-state index >= 15 is 0 Å². The summed E-state index contributed by atoms with van der Waals surface area (Å²) in [5.41, 5.74) is -1.03. The summed E-state index contributed by atoms with van der Waals surface area (Å²) in [4.78, 5) is 13.6. The van der Waals surface area contributed by atoms with Crippen molar-refractivity contribution in [1.29, 1.82) is 0 Å². The van der Waals surface area contributed by atoms with E-state index in [0.717, 1.165) is 18.2 Å². The zero-order valence-electron chi connectivity index (χ0n) is 18.6. The number of amides is 1. The summed E-state index contributed by atoms with van der Waals surface area (Å²) >= 11 is 6.03. The third-order valence-corrected chi connectivity index (χ3v) is 7.88. The summed E-state index contributed by atoms with van der Waals surface area (Å²) in [6, 6.07) is 12.1. The fourth-order valence-corrected chi connectivity index (χ4v) is 5.83. The van der Waals surface area contributed by atoms with E-state index in [9.17, 15) is 32.2 Å². The van der Waals surface area contributed by atoms with E-state index in [-0.39, 0.29) is 34.8 Å². The lowest BCUT2D eigenvalue weighted by Gasteiger charge is -2.20. The summed E-state index contributed by atoms with van der Waals surface area (Å²) < 4.78 is 55.4. The Hall–Kier alpha value is -3.01. The predicted octanol–water partition coefficient (Wildman–Crippen LogP) is 4.56. The van der Waals surface area contributed by atoms with E-state index in [2.05, 4.69) is 0 Å². The first kappa shape index (κ1) is 25.1. The second-order valence-electron chi connectivity index (χ2n) is 8.83. The number of rotatable bonds is 5. The first-order chi connectivity index (χ1) is 16.4. The molecule has 4 rings (SSSR count). The van der Waals surface area contributed by atoms with Crippen LogP contribution in [0.2, 0.25) is 5.02 Å². The monoisotopic (exact) mass is 521 g/mol. The molecule has 0 bridgehead atoms. The number of halogens is 3. The van der Waals surface area contributed by atoms with Gasteiger partial charge in [-0.2, -0.15) is 0 Å². The Morgan fingerprint density at radius 1 is 1.11 bits per heavy atom. The van der Waals surface area contributed by atoms with Gasteiger partial charge in [0.25, 0.3) is 5.91 Å². The van der Waals surface area contributed by atoms with Crippen molar-refractivity contribution in [2.75, 3.05) is 13.1 Å². The Balaban J connectivity index is 1.71. The molecule has 3 aromatic carbocycles. The molecule has 1 amide bonds. The molecule has 1 saturated heterocycles. The van der Waals surface area contributed by atoms with Crippen LogP contribution in [0.3, 0.4) is 0 Å². The molecular weight excluding hydrogens is 500 g/mol. The molecule has 0 saturated carbocycles. The smallest absolute Gasteiger partial charge is 0.254 e. The van der Waals surface area contributed by atoms with Crippen molar-refractivity contribution in [1.82, 2.24) is 4.90 Å². The van der Waals surface area contributed by atoms with Crippen LogP contribution in [0, 0.1) is 11.6 Å². The van der Waals surface area contributed by atoms with Gasteiger partial charge in [0.15, 0.2) is 15.6 Å². The van der Waals surface area contributed by atoms with E-state index < -0.39 is 49.4 Å². The number of hydrogen-bond donors (Lipinski definition) is 2. The topological polar surface area (TPSA) is 94.9 Å². The summed E-state index contributed by atoms with van der Waals surface area (Å²) in [7, 11) is -4.42. The van der Waals surface area contributed by atoms with E-state index in [4.69, 9.17) is 11.6 Å². The maximum absolute atomic E-state index is 14.6. The Morgan fingerprint density at radius 2 is 1.80 bits per heavy atom. The zero-order valence-corrected chi connectivity index (χ0v) is 20.2. The van der Waals surface area contributed by atoms with Gasteiger partial charge in [0.2, 0.25) is 0 Å². The Kier molecular flexibility index (Phi) is 6.61. The standard InChI is InChI=1S/C25H22ClF2NO5S/c1-25(32)7-8-29(14-25)24(31)16-10-19(26)23(30)22(11-16)35(33,34)13-17-9-18(21(28)12-20(17)27)15-5-3-2-4-6-15/h2-6,9-12,30,32H,7-8,13-14H2,1H3/t25-/m1/s1. The molecule has 0 spiro atoms. The van der Waals surface area contributed by atoms with Gasteiger partial charge < -0.3 is 15.1 Å². The van der Waals surface area contributed by atoms with Crippen LogP contribution in [0.15, 0.2) is 59.5 Å². The highest BCUT2D eigenvalue weighted by Gasteiger charge is 2.35. The lowest BCUT2D eigenvalue weighted by atomic mass is 10.0. The van der Waals surface area contributed by atoms with Crippen LogP contribution in [0.5, 0.6) is 5.75 Å². The number of likely N-dealkylation sites (tertiary alicyclic amines) is 1. The minimum atomic E-state index is -4.42. The molecule has 6 nitrogen and oxygen atoms in total. The van der Waals surface area contributed by atoms with Gasteiger partial charge in [-0.05, 0) is 37.1 Å². The lowest BCUT2D eigenvalue weighted by Crippen LogP contribution is -2.34. The summed E-state index contributed by atoms with van der Waals surface area (Å²) in [6.07, 6.45) is 0.350. The van der Waals surface area contributed by atoms with Crippen LogP contribution in [-0.2, 0) is 15.6 Å². The third kappa shape index (κ3) is 5.17. The number of β-amino-alcohol motifs (C(OH)–C–C–N with tert-alkyl or cyclic N) is 1. The van der Waals surface area contributed by atoms with Crippen molar-refractivity contribution in [2.45, 2.75) is 29.6 Å². The predicted molar refractivity (Wildman–Crippen MR) is 127 cm³/mol. The molecule has 184 valence electrons. The molecular formula is C25H22ClF2NO5S. The molecule has 1 aliphatic heterocycles. The highest BCUT2D eigenvalue weighted by molar-refractivity contribution is 7.90. The highest BCUT2D eigenvalue weighted by Crippen LogP contribution is 2.36. The molecule has 10 heteroatoms. The summed E-state index contributed by atoms with van der Waals surface area (Å²) in [5, 5.41) is 20.2. The van der Waals surface area contributed by atoms with Crippen LogP contribution in [0.25, 0.3) is 11.1 Å². The highest BCUT2D eigenvalue weighted by atomic mass is 35.5. The number of carbonyl (C=O) groups is 1. The molecule has 1 heterocycles. The van der Waals surface area contributed by atoms with E-state index in [1.165, 1.54) is 4.90 Å². The second-order valence-corrected chi connectivity index (χ2v) is 11.2. The van der Waals surface area contributed by atoms with Crippen LogP contribution in [-0.4, -0.2) is 48.1 Å². The van der Waals surface area contributed by atoms with Gasteiger partial charge in [-0.1, -0.05) is 41.9 Å². The van der Waals surface area contributed by atoms with Crippen LogP contribution in [0.1, 0.15) is 29.3 Å². The number of aliphatic hydroxyl groups is 1. The van der Waals surface area contributed by atoms with Gasteiger partial charge in [0, 0.05) is 35.8 Å². The molecule has 0 aliphatic carbocycles. The van der Waals surface area contributed by atoms with Crippen molar-refractivity contribution in [2.24, 2.45) is 0 Å². The number of nitrogens with zero attached hydrogens (tertiary/aromatic N) is 1. The molecule has 1 atom stereocenters. The van der Waals surface area contributed by atoms with Crippen LogP contribution in [0.4, 0.5) is 8.78 Å². The van der Waals surface area contributed by atoms with Gasteiger partial charge in [-0.3, -0.25) is 4.79 Å². The SMILES string of the molecule is C[C@@]1(O)CCN(C(=O)c2cc(Cl)c(O)c(S(=O)(=O)Cc3cc(-c4ccccc4)c(F)cc3F)c2)C1. The summed E-state index contributed by atoms with van der Waals surface area (Å²) in [5.74, 6) is -4.17. The summed E-state index contributed by atoms with van der Waals surface area (Å²) in [6.45, 7) is 1.89. The number of sulfone groups is 1. The molecule has 2 N–H and O–H groups in total. The fourth-order valence-electron chi connectivity index (χ4n) is 4.06. The largest absolute Gasteiger partial charge is 0.505 e. The maximum Gasteiger partial charge on any atom is 0.254 e. The Labute approximate surface area is 206 Å². The first-order valence-electron chi connectivity index (χ1n) is 10.7. The van der Waals surface area contributed by atoms with Gasteiger partial charge in [0.1, 0.15) is 16.5 Å². The molecule has 1 fully saturated rings. The van der Waals surface area contributed by atoms with E-state index in [1.807, 2.05) is 0 Å². The molecule has 35 heavy (non-hydrogen) atoms. The molecule has 3 aromatic rings. The Bertz CT molecular complexity index is 1410. The molecule has 0 radical (unpaired) electrons. The van der Waals surface area contributed by atoms with Gasteiger partial charge in [-0.15, -0.1) is 0 Å². The van der Waals surface area contributed by atoms with Gasteiger partial charge in [-0.25, -0.2) is 17.2 Å². The van der Waals surface area contributed by atoms with Crippen molar-refractivity contribution in [3.8, 4) is 16.9 Å². The van der Waals surface area contributed by atoms with Crippen molar-refractivity contribution >= 4 is 27.3 Å². The van der Waals surface area contributed by atoms with E-state index in [1.54, 1.807) is 37.3 Å². The number of carbonyl (C=O) groups excluding carboxylic acids is 1. The minimum absolute atomic E-state index is 0.0180. The quantitative estimate of drug-likeness (QED) is 0.513. The molecule has 1 aliphatic rings. The normalized spacial score (nSPS) is 18.1. The molecule has 0 unspecified atom stereocenters. The number of aromatic hydroxyl groups is 1. The van der Waals surface area contributed by atoms with E-state index in [0.29, 0.717) is 18.1 Å². The van der Waals surface area contributed by atoms with Crippen molar-refractivity contribution < 1.29 is 32.2 Å². The van der Waals surface area contributed by atoms with Crippen LogP contribution < -0.4 is 0 Å². The van der Waals surface area contributed by atoms with Crippen molar-refractivity contribution in [3.63, 3.8) is 0 Å². The van der Waals surface area contributed by atoms with Gasteiger partial charge in [0.05, 0.1) is 16.4 Å². The lowest BCUT2D eigenvalue weighted by molar-refractivity contribution is 0.0572. The fraction of sp³-hybridized carbons (Fsp3) is 0.240. The van der Waals surface area contributed by atoms with Gasteiger partial charge >= 0.3 is 0 Å². The molecule has 0 aromatic heterocycles. The maximum atomic E-state index is 14.6. The second kappa shape index (κ2) is 9.22. The first-order valence-corrected chi connectivity index (χ1v) is 12.7. The number of benzene rings is 3.